The van der Waals surface area contributed by atoms with Crippen LogP contribution in [0.1, 0.15) is 23.7 Å². The molecule has 3 rings (SSSR count). The fourth-order valence-electron chi connectivity index (χ4n) is 2.96. The van der Waals surface area contributed by atoms with Crippen LogP contribution < -0.4 is 10.1 Å². The Morgan fingerprint density at radius 2 is 2.20 bits per heavy atom. The van der Waals surface area contributed by atoms with Crippen molar-refractivity contribution in [2.45, 2.75) is 18.9 Å². The number of hydrogen-bond acceptors (Lipinski definition) is 5. The average molecular weight is 404 g/mol. The predicted molar refractivity (Wildman–Crippen MR) is 105 cm³/mol. The van der Waals surface area contributed by atoms with Gasteiger partial charge in [0, 0.05) is 37.0 Å². The smallest absolute Gasteiger partial charge is 0.223 e. The van der Waals surface area contributed by atoms with Gasteiger partial charge < -0.3 is 15.0 Å². The van der Waals surface area contributed by atoms with Crippen LogP contribution in [0.2, 0.25) is 0 Å². The van der Waals surface area contributed by atoms with Gasteiger partial charge in [-0.25, -0.2) is 4.98 Å². The van der Waals surface area contributed by atoms with Crippen molar-refractivity contribution in [3.63, 3.8) is 0 Å². The van der Waals surface area contributed by atoms with E-state index in [4.69, 9.17) is 4.74 Å². The average Bonchev–Trinajstić information content (AvgIpc) is 3.13. The number of rotatable bonds is 5. The lowest BCUT2D eigenvalue weighted by molar-refractivity contribution is -0.134. The van der Waals surface area contributed by atoms with Crippen LogP contribution in [0, 0.1) is 0 Å². The molecule has 2 heterocycles. The number of carbonyl (C=O) groups is 1. The Labute approximate surface area is 164 Å². The molecule has 1 saturated heterocycles. The second kappa shape index (κ2) is 10.6. The van der Waals surface area contributed by atoms with Gasteiger partial charge in [0.25, 0.3) is 0 Å². The summed E-state index contributed by atoms with van der Waals surface area (Å²) in [7, 11) is 1.67. The molecule has 1 aliphatic rings. The number of piperazine rings is 1. The number of nitrogens with zero attached hydrogens (tertiary/aromatic N) is 2. The van der Waals surface area contributed by atoms with Crippen LogP contribution in [0.5, 0.6) is 5.75 Å². The number of benzene rings is 1. The molecular formula is C17H23Cl2N3O2S. The highest BCUT2D eigenvalue weighted by molar-refractivity contribution is 7.07. The standard InChI is InChI=1S/C17H21N3O2S.2ClH/c1-22-16-5-3-2-4-14(16)15-10-18-8-9-20(15)17(21)7-6-13-11-23-12-19-13;;/h2-5,11-12,15,18H,6-10H2,1H3;2*1H. The number of aryl methyl sites for hydroxylation is 1. The maximum atomic E-state index is 12.7. The normalized spacial score (nSPS) is 16.5. The number of thiazole rings is 1. The molecule has 5 nitrogen and oxygen atoms in total. The first-order chi connectivity index (χ1) is 11.3. The molecule has 1 atom stereocenters. The van der Waals surface area contributed by atoms with Crippen molar-refractivity contribution in [1.82, 2.24) is 15.2 Å². The number of aromatic nitrogens is 1. The number of methoxy groups -OCH3 is 1. The van der Waals surface area contributed by atoms with E-state index in [1.54, 1.807) is 18.4 Å². The van der Waals surface area contributed by atoms with Crippen molar-refractivity contribution < 1.29 is 9.53 Å². The summed E-state index contributed by atoms with van der Waals surface area (Å²) >= 11 is 1.57. The Hall–Kier alpha value is -1.34. The fraction of sp³-hybridized carbons (Fsp3) is 0.412. The molecule has 25 heavy (non-hydrogen) atoms. The molecule has 0 aliphatic carbocycles. The SMILES string of the molecule is COc1ccccc1C1CNCCN1C(=O)CCc1cscn1.Cl.Cl. The van der Waals surface area contributed by atoms with Gasteiger partial charge in [-0.1, -0.05) is 18.2 Å². The van der Waals surface area contributed by atoms with Crippen LogP contribution in [-0.2, 0) is 11.2 Å². The Bertz CT molecular complexity index is 655. The van der Waals surface area contributed by atoms with E-state index in [1.165, 1.54) is 0 Å². The Balaban J connectivity index is 0.00000156. The van der Waals surface area contributed by atoms with E-state index >= 15 is 0 Å². The fourth-order valence-corrected chi connectivity index (χ4v) is 3.55. The summed E-state index contributed by atoms with van der Waals surface area (Å²) in [5, 5.41) is 5.38. The summed E-state index contributed by atoms with van der Waals surface area (Å²) in [5.41, 5.74) is 3.86. The quantitative estimate of drug-likeness (QED) is 0.832. The minimum Gasteiger partial charge on any atom is -0.496 e. The number of amides is 1. The van der Waals surface area contributed by atoms with Crippen molar-refractivity contribution in [3.05, 3.63) is 46.4 Å². The van der Waals surface area contributed by atoms with E-state index in [-0.39, 0.29) is 36.8 Å². The van der Waals surface area contributed by atoms with Gasteiger partial charge >= 0.3 is 0 Å². The van der Waals surface area contributed by atoms with Crippen molar-refractivity contribution >= 4 is 42.1 Å². The predicted octanol–water partition coefficient (Wildman–Crippen LogP) is 3.10. The minimum absolute atomic E-state index is 0. The van der Waals surface area contributed by atoms with Gasteiger partial charge in [0.1, 0.15) is 5.75 Å². The molecule has 1 aliphatic heterocycles. The first kappa shape index (κ1) is 21.7. The lowest BCUT2D eigenvalue weighted by atomic mass is 10.0. The monoisotopic (exact) mass is 403 g/mol. The lowest BCUT2D eigenvalue weighted by Crippen LogP contribution is -2.48. The molecule has 1 fully saturated rings. The van der Waals surface area contributed by atoms with Gasteiger partial charge in [-0.2, -0.15) is 0 Å². The Morgan fingerprint density at radius 3 is 2.92 bits per heavy atom. The first-order valence-electron chi connectivity index (χ1n) is 7.79. The molecule has 0 bridgehead atoms. The largest absolute Gasteiger partial charge is 0.496 e. The molecule has 2 aromatic rings. The van der Waals surface area contributed by atoms with Gasteiger partial charge in [-0.15, -0.1) is 36.2 Å². The lowest BCUT2D eigenvalue weighted by Gasteiger charge is -2.37. The second-order valence-corrected chi connectivity index (χ2v) is 6.25. The number of halogens is 2. The number of para-hydroxylation sites is 1. The van der Waals surface area contributed by atoms with Crippen LogP contribution in [-0.4, -0.2) is 42.5 Å². The van der Waals surface area contributed by atoms with Crippen LogP contribution in [0.25, 0.3) is 0 Å². The van der Waals surface area contributed by atoms with Gasteiger partial charge in [0.2, 0.25) is 5.91 Å². The number of hydrogen-bond donors (Lipinski definition) is 1. The van der Waals surface area contributed by atoms with E-state index < -0.39 is 0 Å². The third-order valence-corrected chi connectivity index (χ3v) is 4.78. The molecule has 1 aromatic heterocycles. The van der Waals surface area contributed by atoms with Gasteiger partial charge in [0.15, 0.2) is 0 Å². The van der Waals surface area contributed by atoms with E-state index in [2.05, 4.69) is 10.3 Å². The highest BCUT2D eigenvalue weighted by Gasteiger charge is 2.29. The molecule has 1 aromatic carbocycles. The zero-order chi connectivity index (χ0) is 16.1. The van der Waals surface area contributed by atoms with Crippen LogP contribution >= 0.6 is 36.2 Å². The maximum absolute atomic E-state index is 12.7. The van der Waals surface area contributed by atoms with Crippen molar-refractivity contribution in [3.8, 4) is 5.75 Å². The molecule has 1 unspecified atom stereocenters. The topological polar surface area (TPSA) is 54.5 Å². The van der Waals surface area contributed by atoms with E-state index in [0.717, 1.165) is 36.6 Å². The number of ether oxygens (including phenoxy) is 1. The number of nitrogens with one attached hydrogen (secondary N) is 1. The summed E-state index contributed by atoms with van der Waals surface area (Å²) in [6.45, 7) is 2.30. The minimum atomic E-state index is 0. The highest BCUT2D eigenvalue weighted by Crippen LogP contribution is 2.30. The number of carbonyl (C=O) groups excluding carboxylic acids is 1. The van der Waals surface area contributed by atoms with Gasteiger partial charge in [-0.3, -0.25) is 4.79 Å². The van der Waals surface area contributed by atoms with Crippen LogP contribution in [0.3, 0.4) is 0 Å². The third-order valence-electron chi connectivity index (χ3n) is 4.14. The zero-order valence-electron chi connectivity index (χ0n) is 14.0. The summed E-state index contributed by atoms with van der Waals surface area (Å²) in [4.78, 5) is 18.9. The summed E-state index contributed by atoms with van der Waals surface area (Å²) < 4.78 is 5.47. The maximum Gasteiger partial charge on any atom is 0.223 e. The summed E-state index contributed by atoms with van der Waals surface area (Å²) in [6.07, 6.45) is 1.19. The van der Waals surface area contributed by atoms with Crippen molar-refractivity contribution in [2.24, 2.45) is 0 Å². The third kappa shape index (κ3) is 5.31. The Kier molecular flexibility index (Phi) is 9.21. The van der Waals surface area contributed by atoms with Crippen LogP contribution in [0.4, 0.5) is 0 Å². The molecule has 8 heteroatoms. The van der Waals surface area contributed by atoms with Crippen molar-refractivity contribution in [1.29, 1.82) is 0 Å². The molecular weight excluding hydrogens is 381 g/mol. The van der Waals surface area contributed by atoms with Crippen molar-refractivity contribution in [2.75, 3.05) is 26.7 Å². The Morgan fingerprint density at radius 1 is 1.40 bits per heavy atom. The van der Waals surface area contributed by atoms with Gasteiger partial charge in [0.05, 0.1) is 24.4 Å². The molecule has 0 spiro atoms. The molecule has 138 valence electrons. The van der Waals surface area contributed by atoms with E-state index in [9.17, 15) is 4.79 Å². The first-order valence-corrected chi connectivity index (χ1v) is 8.74. The highest BCUT2D eigenvalue weighted by atomic mass is 35.5. The van der Waals surface area contributed by atoms with E-state index in [1.807, 2.05) is 40.1 Å². The molecule has 1 N–H and O–H groups in total. The molecule has 1 amide bonds. The molecule has 0 radical (unpaired) electrons. The van der Waals surface area contributed by atoms with Gasteiger partial charge in [-0.05, 0) is 12.5 Å². The summed E-state index contributed by atoms with van der Waals surface area (Å²) in [6, 6.07) is 7.94. The second-order valence-electron chi connectivity index (χ2n) is 5.53. The van der Waals surface area contributed by atoms with E-state index in [0.29, 0.717) is 12.8 Å². The summed E-state index contributed by atoms with van der Waals surface area (Å²) in [5.74, 6) is 1.01. The molecule has 0 saturated carbocycles. The van der Waals surface area contributed by atoms with Crippen LogP contribution in [0.15, 0.2) is 35.2 Å². The zero-order valence-corrected chi connectivity index (χ0v) is 16.5.